The number of aryl methyl sites for hydroxylation is 2. The van der Waals surface area contributed by atoms with Crippen molar-refractivity contribution in [2.75, 3.05) is 13.7 Å². The Kier molecular flexibility index (Phi) is 5.77. The van der Waals surface area contributed by atoms with Gasteiger partial charge in [-0.25, -0.2) is 0 Å². The van der Waals surface area contributed by atoms with Gasteiger partial charge in [0.05, 0.1) is 41.7 Å². The van der Waals surface area contributed by atoms with E-state index in [1.807, 2.05) is 48.4 Å². The molecule has 2 aromatic heterocycles. The number of nitrogens with zero attached hydrogens (tertiary/aromatic N) is 5. The molecule has 2 aromatic carbocycles. The van der Waals surface area contributed by atoms with Crippen LogP contribution in [0.25, 0.3) is 33.3 Å². The van der Waals surface area contributed by atoms with Gasteiger partial charge < -0.3 is 10.1 Å². The van der Waals surface area contributed by atoms with Crippen LogP contribution >= 0.6 is 0 Å². The fourth-order valence-corrected chi connectivity index (χ4v) is 4.88. The molecule has 1 amide bonds. The number of hydrogen-bond acceptors (Lipinski definition) is 5. The predicted molar refractivity (Wildman–Crippen MR) is 134 cm³/mol. The van der Waals surface area contributed by atoms with Gasteiger partial charge in [0.15, 0.2) is 0 Å². The summed E-state index contributed by atoms with van der Waals surface area (Å²) in [5.41, 5.74) is 6.35. The standard InChI is InChI=1S/C27H28N6O2/c1-5-6-7-33-15-20(14-30-33)17-8-19(12-28)24-22(10-17)31-32(3)26(24)18-9-21-16(2)13-29-27(34)25(21)23(11-18)35-4/h8-11,14-16H,5-7,13H2,1-4H3,(H,29,34)/t16-/m0/s1. The summed E-state index contributed by atoms with van der Waals surface area (Å²) >= 11 is 0. The monoisotopic (exact) mass is 468 g/mol. The molecule has 0 bridgehead atoms. The number of unbranched alkanes of at least 4 members (excludes halogenated alkanes) is 1. The first-order chi connectivity index (χ1) is 16.9. The largest absolute Gasteiger partial charge is 0.496 e. The van der Waals surface area contributed by atoms with Crippen molar-refractivity contribution in [1.29, 1.82) is 5.26 Å². The van der Waals surface area contributed by atoms with Gasteiger partial charge in [0.1, 0.15) is 5.75 Å². The highest BCUT2D eigenvalue weighted by atomic mass is 16.5. The van der Waals surface area contributed by atoms with Gasteiger partial charge in [-0.3, -0.25) is 14.2 Å². The highest BCUT2D eigenvalue weighted by Crippen LogP contribution is 2.40. The number of benzene rings is 2. The Bertz CT molecular complexity index is 1490. The molecule has 0 aliphatic carbocycles. The van der Waals surface area contributed by atoms with Crippen LogP contribution in [0.2, 0.25) is 0 Å². The molecule has 0 fully saturated rings. The van der Waals surface area contributed by atoms with Gasteiger partial charge in [-0.15, -0.1) is 0 Å². The molecule has 3 heterocycles. The number of rotatable bonds is 6. The Morgan fingerprint density at radius 1 is 1.23 bits per heavy atom. The molecule has 8 heteroatoms. The molecule has 1 aliphatic rings. The number of ether oxygens (including phenoxy) is 1. The molecule has 35 heavy (non-hydrogen) atoms. The third kappa shape index (κ3) is 3.83. The van der Waals surface area contributed by atoms with Crippen molar-refractivity contribution >= 4 is 16.8 Å². The molecule has 1 atom stereocenters. The predicted octanol–water partition coefficient (Wildman–Crippen LogP) is 4.63. The number of carbonyl (C=O) groups excluding carboxylic acids is 1. The number of hydrogen-bond donors (Lipinski definition) is 1. The van der Waals surface area contributed by atoms with Crippen LogP contribution in [-0.4, -0.2) is 39.1 Å². The lowest BCUT2D eigenvalue weighted by atomic mass is 9.88. The molecule has 178 valence electrons. The summed E-state index contributed by atoms with van der Waals surface area (Å²) in [5.74, 6) is 0.533. The van der Waals surface area contributed by atoms with Gasteiger partial charge in [-0.05, 0) is 47.7 Å². The summed E-state index contributed by atoms with van der Waals surface area (Å²) in [5, 5.41) is 23.0. The zero-order chi connectivity index (χ0) is 24.7. The summed E-state index contributed by atoms with van der Waals surface area (Å²) in [4.78, 5) is 12.6. The van der Waals surface area contributed by atoms with Crippen molar-refractivity contribution in [3.63, 3.8) is 0 Å². The van der Waals surface area contributed by atoms with Gasteiger partial charge in [0.2, 0.25) is 0 Å². The molecule has 0 spiro atoms. The van der Waals surface area contributed by atoms with E-state index in [1.165, 1.54) is 0 Å². The van der Waals surface area contributed by atoms with E-state index in [4.69, 9.17) is 9.84 Å². The minimum atomic E-state index is -0.127. The topological polar surface area (TPSA) is 97.8 Å². The smallest absolute Gasteiger partial charge is 0.255 e. The normalized spacial score (nSPS) is 15.1. The second kappa shape index (κ2) is 8.91. The van der Waals surface area contributed by atoms with Crippen LogP contribution in [0.3, 0.4) is 0 Å². The van der Waals surface area contributed by atoms with E-state index in [0.29, 0.717) is 23.4 Å². The highest BCUT2D eigenvalue weighted by Gasteiger charge is 2.28. The van der Waals surface area contributed by atoms with Crippen molar-refractivity contribution in [2.24, 2.45) is 7.05 Å². The van der Waals surface area contributed by atoms with Crippen LogP contribution in [0.15, 0.2) is 36.7 Å². The first-order valence-corrected chi connectivity index (χ1v) is 11.9. The van der Waals surface area contributed by atoms with Gasteiger partial charge in [-0.2, -0.15) is 15.5 Å². The molecule has 0 unspecified atom stereocenters. The number of aromatic nitrogens is 4. The summed E-state index contributed by atoms with van der Waals surface area (Å²) < 4.78 is 9.36. The Morgan fingerprint density at radius 3 is 2.80 bits per heavy atom. The molecule has 4 aromatic rings. The number of nitrogens with one attached hydrogen (secondary N) is 1. The van der Waals surface area contributed by atoms with Crippen LogP contribution in [-0.2, 0) is 13.6 Å². The van der Waals surface area contributed by atoms with E-state index < -0.39 is 0 Å². The third-order valence-corrected chi connectivity index (χ3v) is 6.72. The summed E-state index contributed by atoms with van der Waals surface area (Å²) in [6.45, 7) is 5.68. The van der Waals surface area contributed by atoms with Gasteiger partial charge in [0.25, 0.3) is 5.91 Å². The maximum absolute atomic E-state index is 12.6. The van der Waals surface area contributed by atoms with Crippen molar-refractivity contribution < 1.29 is 9.53 Å². The van der Waals surface area contributed by atoms with E-state index in [2.05, 4.69) is 30.3 Å². The maximum Gasteiger partial charge on any atom is 0.255 e. The van der Waals surface area contributed by atoms with Crippen LogP contribution < -0.4 is 10.1 Å². The second-order valence-corrected chi connectivity index (χ2v) is 9.10. The van der Waals surface area contributed by atoms with E-state index in [1.54, 1.807) is 11.8 Å². The van der Waals surface area contributed by atoms with Gasteiger partial charge in [-0.1, -0.05) is 20.3 Å². The van der Waals surface area contributed by atoms with E-state index in [-0.39, 0.29) is 11.8 Å². The van der Waals surface area contributed by atoms with Crippen LogP contribution in [0.4, 0.5) is 0 Å². The summed E-state index contributed by atoms with van der Waals surface area (Å²) in [6, 6.07) is 10.2. The lowest BCUT2D eigenvalue weighted by molar-refractivity contribution is 0.0938. The second-order valence-electron chi connectivity index (χ2n) is 9.10. The molecule has 5 rings (SSSR count). The zero-order valence-electron chi connectivity index (χ0n) is 20.4. The Hall–Kier alpha value is -4.12. The number of carbonyl (C=O) groups is 1. The Labute approximate surface area is 204 Å². The SMILES string of the molecule is CCCCn1cc(-c2cc(C#N)c3c(-c4cc(OC)c5c(c4)[C@@H](C)CNC5=O)n(C)nc3c2)cn1. The average Bonchev–Trinajstić information content (AvgIpc) is 3.47. The van der Waals surface area contributed by atoms with E-state index in [9.17, 15) is 10.1 Å². The van der Waals surface area contributed by atoms with Crippen molar-refractivity contribution in [3.05, 3.63) is 53.3 Å². The fourth-order valence-electron chi connectivity index (χ4n) is 4.88. The van der Waals surface area contributed by atoms with E-state index in [0.717, 1.165) is 58.2 Å². The minimum Gasteiger partial charge on any atom is -0.496 e. The third-order valence-electron chi connectivity index (χ3n) is 6.72. The molecule has 8 nitrogen and oxygen atoms in total. The Balaban J connectivity index is 1.67. The molecular formula is C27H28N6O2. The summed E-state index contributed by atoms with van der Waals surface area (Å²) in [6.07, 6.45) is 6.02. The molecule has 1 N–H and O–H groups in total. The molecule has 0 saturated heterocycles. The number of nitriles is 1. The van der Waals surface area contributed by atoms with Gasteiger partial charge in [0, 0.05) is 42.8 Å². The number of methoxy groups -OCH3 is 1. The zero-order valence-corrected chi connectivity index (χ0v) is 20.4. The summed E-state index contributed by atoms with van der Waals surface area (Å²) in [7, 11) is 3.45. The molecule has 0 radical (unpaired) electrons. The average molecular weight is 469 g/mol. The lowest BCUT2D eigenvalue weighted by Gasteiger charge is -2.25. The Morgan fingerprint density at radius 2 is 2.06 bits per heavy atom. The first kappa shape index (κ1) is 22.7. The van der Waals surface area contributed by atoms with Gasteiger partial charge >= 0.3 is 0 Å². The van der Waals surface area contributed by atoms with Crippen molar-refractivity contribution in [3.8, 4) is 34.2 Å². The lowest BCUT2D eigenvalue weighted by Crippen LogP contribution is -2.34. The number of fused-ring (bicyclic) bond motifs is 2. The minimum absolute atomic E-state index is 0.127. The highest BCUT2D eigenvalue weighted by molar-refractivity contribution is 6.03. The maximum atomic E-state index is 12.6. The quantitative estimate of drug-likeness (QED) is 0.445. The number of amides is 1. The van der Waals surface area contributed by atoms with Crippen LogP contribution in [0, 0.1) is 11.3 Å². The van der Waals surface area contributed by atoms with Crippen molar-refractivity contribution in [2.45, 2.75) is 39.2 Å². The first-order valence-electron chi connectivity index (χ1n) is 11.9. The van der Waals surface area contributed by atoms with Crippen LogP contribution in [0.5, 0.6) is 5.75 Å². The molecule has 1 aliphatic heterocycles. The van der Waals surface area contributed by atoms with E-state index >= 15 is 0 Å². The van der Waals surface area contributed by atoms with Crippen LogP contribution in [0.1, 0.15) is 54.1 Å². The molecule has 0 saturated carbocycles. The fraction of sp³-hybridized carbons (Fsp3) is 0.333. The van der Waals surface area contributed by atoms with Crippen molar-refractivity contribution in [1.82, 2.24) is 24.9 Å². The molecular weight excluding hydrogens is 440 g/mol.